The topological polar surface area (TPSA) is 68.5 Å². The van der Waals surface area contributed by atoms with Crippen molar-refractivity contribution in [3.63, 3.8) is 0 Å². The fraction of sp³-hybridized carbons (Fsp3) is 0.765. The fourth-order valence-electron chi connectivity index (χ4n) is 3.71. The standard InChI is InChI=1S/C17H27N3O2S/c18-17-19-14(12-23-17)6-7-16(21)20-8-9-22-15(11-20)10-13-4-2-1-3-5-13/h12-13,15H,1-11H2,(H2,18,19)/t15-/m1/s1. The number of carbonyl (C=O) groups excluding carboxylic acids is 1. The largest absolute Gasteiger partial charge is 0.375 e. The van der Waals surface area contributed by atoms with E-state index in [0.29, 0.717) is 24.6 Å². The van der Waals surface area contributed by atoms with Crippen molar-refractivity contribution >= 4 is 22.4 Å². The minimum Gasteiger partial charge on any atom is -0.375 e. The fourth-order valence-corrected chi connectivity index (χ4v) is 4.31. The van der Waals surface area contributed by atoms with Crippen LogP contribution in [0.15, 0.2) is 5.38 Å². The number of amides is 1. The van der Waals surface area contributed by atoms with Crippen molar-refractivity contribution in [2.24, 2.45) is 5.92 Å². The van der Waals surface area contributed by atoms with Crippen LogP contribution in [-0.4, -0.2) is 41.6 Å². The highest BCUT2D eigenvalue weighted by molar-refractivity contribution is 7.13. The van der Waals surface area contributed by atoms with E-state index in [2.05, 4.69) is 4.98 Å². The molecule has 2 N–H and O–H groups in total. The van der Waals surface area contributed by atoms with Crippen molar-refractivity contribution in [1.82, 2.24) is 9.88 Å². The smallest absolute Gasteiger partial charge is 0.223 e. The van der Waals surface area contributed by atoms with Crippen molar-refractivity contribution in [2.75, 3.05) is 25.4 Å². The summed E-state index contributed by atoms with van der Waals surface area (Å²) in [6.07, 6.45) is 9.30. The van der Waals surface area contributed by atoms with Crippen LogP contribution in [0.5, 0.6) is 0 Å². The lowest BCUT2D eigenvalue weighted by molar-refractivity contribution is -0.139. The van der Waals surface area contributed by atoms with Crippen LogP contribution in [-0.2, 0) is 16.0 Å². The quantitative estimate of drug-likeness (QED) is 0.897. The van der Waals surface area contributed by atoms with Gasteiger partial charge in [0.25, 0.3) is 0 Å². The first-order valence-corrected chi connectivity index (χ1v) is 9.68. The Morgan fingerprint density at radius 3 is 2.96 bits per heavy atom. The molecular formula is C17H27N3O2S. The summed E-state index contributed by atoms with van der Waals surface area (Å²) in [4.78, 5) is 18.6. The molecule has 1 atom stereocenters. The van der Waals surface area contributed by atoms with Crippen LogP contribution in [0.25, 0.3) is 0 Å². The number of morpholine rings is 1. The molecule has 6 heteroatoms. The maximum Gasteiger partial charge on any atom is 0.223 e. The van der Waals surface area contributed by atoms with Crippen LogP contribution in [0, 0.1) is 5.92 Å². The molecule has 0 bridgehead atoms. The first kappa shape index (κ1) is 16.7. The summed E-state index contributed by atoms with van der Waals surface area (Å²) in [5.41, 5.74) is 6.55. The zero-order valence-electron chi connectivity index (χ0n) is 13.7. The highest BCUT2D eigenvalue weighted by Gasteiger charge is 2.27. The van der Waals surface area contributed by atoms with E-state index in [-0.39, 0.29) is 12.0 Å². The van der Waals surface area contributed by atoms with Crippen LogP contribution < -0.4 is 5.73 Å². The summed E-state index contributed by atoms with van der Waals surface area (Å²) in [5.74, 6) is 1.01. The molecule has 2 heterocycles. The second kappa shape index (κ2) is 8.11. The van der Waals surface area contributed by atoms with E-state index < -0.39 is 0 Å². The van der Waals surface area contributed by atoms with Gasteiger partial charge in [0, 0.05) is 24.9 Å². The molecule has 1 aromatic rings. The van der Waals surface area contributed by atoms with Gasteiger partial charge in [-0.1, -0.05) is 32.1 Å². The average molecular weight is 337 g/mol. The third-order valence-electron chi connectivity index (χ3n) is 4.98. The Bertz CT molecular complexity index is 514. The van der Waals surface area contributed by atoms with E-state index in [4.69, 9.17) is 10.5 Å². The van der Waals surface area contributed by atoms with Crippen LogP contribution in [0.4, 0.5) is 5.13 Å². The normalized spacial score (nSPS) is 23.1. The van der Waals surface area contributed by atoms with Crippen LogP contribution in [0.3, 0.4) is 0 Å². The van der Waals surface area contributed by atoms with E-state index in [1.54, 1.807) is 0 Å². The number of ether oxygens (including phenoxy) is 1. The van der Waals surface area contributed by atoms with Gasteiger partial charge < -0.3 is 15.4 Å². The second-order valence-corrected chi connectivity index (χ2v) is 7.64. The summed E-state index contributed by atoms with van der Waals surface area (Å²) < 4.78 is 5.91. The lowest BCUT2D eigenvalue weighted by Crippen LogP contribution is -2.46. The number of aromatic nitrogens is 1. The predicted octanol–water partition coefficient (Wildman–Crippen LogP) is 2.86. The lowest BCUT2D eigenvalue weighted by Gasteiger charge is -2.35. The summed E-state index contributed by atoms with van der Waals surface area (Å²) >= 11 is 1.43. The first-order valence-electron chi connectivity index (χ1n) is 8.80. The molecule has 1 aromatic heterocycles. The summed E-state index contributed by atoms with van der Waals surface area (Å²) in [6, 6.07) is 0. The van der Waals surface area contributed by atoms with Gasteiger partial charge in [0.1, 0.15) is 0 Å². The Hall–Kier alpha value is -1.14. The number of nitrogen functional groups attached to an aromatic ring is 1. The Kier molecular flexibility index (Phi) is 5.89. The molecule has 0 radical (unpaired) electrons. The van der Waals surface area contributed by atoms with Gasteiger partial charge in [-0.3, -0.25) is 4.79 Å². The SMILES string of the molecule is Nc1nc(CCC(=O)N2CCO[C@H](CC3CCCCC3)C2)cs1. The van der Waals surface area contributed by atoms with Crippen molar-refractivity contribution in [2.45, 2.75) is 57.5 Å². The molecule has 0 unspecified atom stereocenters. The van der Waals surface area contributed by atoms with Crippen molar-refractivity contribution in [1.29, 1.82) is 0 Å². The molecule has 0 spiro atoms. The van der Waals surface area contributed by atoms with Gasteiger partial charge in [0.05, 0.1) is 18.4 Å². The number of hydrogen-bond acceptors (Lipinski definition) is 5. The molecule has 23 heavy (non-hydrogen) atoms. The zero-order valence-corrected chi connectivity index (χ0v) is 14.5. The van der Waals surface area contributed by atoms with Crippen LogP contribution in [0.1, 0.15) is 50.6 Å². The maximum atomic E-state index is 12.4. The predicted molar refractivity (Wildman–Crippen MR) is 92.4 cm³/mol. The van der Waals surface area contributed by atoms with Crippen LogP contribution >= 0.6 is 11.3 Å². The monoisotopic (exact) mass is 337 g/mol. The maximum absolute atomic E-state index is 12.4. The highest BCUT2D eigenvalue weighted by atomic mass is 32.1. The highest BCUT2D eigenvalue weighted by Crippen LogP contribution is 2.29. The number of nitrogens with zero attached hydrogens (tertiary/aromatic N) is 2. The number of anilines is 1. The number of hydrogen-bond donors (Lipinski definition) is 1. The molecule has 0 aromatic carbocycles. The van der Waals surface area contributed by atoms with E-state index in [9.17, 15) is 4.79 Å². The molecule has 1 amide bonds. The Morgan fingerprint density at radius 1 is 1.39 bits per heavy atom. The van der Waals surface area contributed by atoms with Gasteiger partial charge in [-0.05, 0) is 18.8 Å². The van der Waals surface area contributed by atoms with Gasteiger partial charge in [0.15, 0.2) is 5.13 Å². The van der Waals surface area contributed by atoms with Gasteiger partial charge in [-0.25, -0.2) is 4.98 Å². The summed E-state index contributed by atoms with van der Waals surface area (Å²) in [5, 5.41) is 2.51. The minimum absolute atomic E-state index is 0.216. The number of rotatable bonds is 5. The molecule has 1 aliphatic heterocycles. The third kappa shape index (κ3) is 4.91. The zero-order chi connectivity index (χ0) is 16.1. The van der Waals surface area contributed by atoms with E-state index in [1.165, 1.54) is 43.4 Å². The molecule has 1 aliphatic carbocycles. The molecule has 5 nitrogen and oxygen atoms in total. The van der Waals surface area contributed by atoms with Crippen molar-refractivity contribution < 1.29 is 9.53 Å². The minimum atomic E-state index is 0.216. The van der Waals surface area contributed by atoms with E-state index >= 15 is 0 Å². The van der Waals surface area contributed by atoms with Crippen molar-refractivity contribution in [3.05, 3.63) is 11.1 Å². The first-order chi connectivity index (χ1) is 11.2. The number of carbonyl (C=O) groups is 1. The molecule has 128 valence electrons. The Morgan fingerprint density at radius 2 is 2.22 bits per heavy atom. The Labute approximate surface area is 142 Å². The lowest BCUT2D eigenvalue weighted by atomic mass is 9.85. The summed E-state index contributed by atoms with van der Waals surface area (Å²) in [7, 11) is 0. The average Bonchev–Trinajstić information content (AvgIpc) is 2.99. The van der Waals surface area contributed by atoms with Gasteiger partial charge in [0.2, 0.25) is 5.91 Å². The molecule has 3 rings (SSSR count). The number of aryl methyl sites for hydroxylation is 1. The molecule has 1 saturated carbocycles. The second-order valence-electron chi connectivity index (χ2n) is 6.75. The van der Waals surface area contributed by atoms with Gasteiger partial charge in [-0.15, -0.1) is 11.3 Å². The third-order valence-corrected chi connectivity index (χ3v) is 5.70. The van der Waals surface area contributed by atoms with Gasteiger partial charge in [-0.2, -0.15) is 0 Å². The molecule has 1 saturated heterocycles. The number of thiazole rings is 1. The number of nitrogens with two attached hydrogens (primary N) is 1. The van der Waals surface area contributed by atoms with E-state index in [1.807, 2.05) is 10.3 Å². The van der Waals surface area contributed by atoms with Crippen LogP contribution in [0.2, 0.25) is 0 Å². The molecular weight excluding hydrogens is 310 g/mol. The molecule has 2 aliphatic rings. The van der Waals surface area contributed by atoms with Crippen molar-refractivity contribution in [3.8, 4) is 0 Å². The molecule has 2 fully saturated rings. The van der Waals surface area contributed by atoms with Gasteiger partial charge >= 0.3 is 0 Å². The summed E-state index contributed by atoms with van der Waals surface area (Å²) in [6.45, 7) is 2.15. The van der Waals surface area contributed by atoms with E-state index in [0.717, 1.165) is 31.1 Å². The Balaban J connectivity index is 1.44.